The topological polar surface area (TPSA) is 50.8 Å². The predicted molar refractivity (Wildman–Crippen MR) is 63.8 cm³/mol. The molecule has 0 saturated carbocycles. The Morgan fingerprint density at radius 2 is 1.88 bits per heavy atom. The number of rotatable bonds is 3. The Hall–Kier alpha value is -0.650. The maximum absolute atomic E-state index is 12.3. The first-order chi connectivity index (χ1) is 8.26. The second-order valence-corrected chi connectivity index (χ2v) is 4.83. The van der Waals surface area contributed by atoms with Crippen LogP contribution in [0.1, 0.15) is 12.8 Å². The summed E-state index contributed by atoms with van der Waals surface area (Å²) in [6.45, 7) is 3.16. The molecule has 98 valence electrons. The zero-order valence-electron chi connectivity index (χ0n) is 10.6. The minimum Gasteiger partial charge on any atom is -0.377 e. The second kappa shape index (κ2) is 5.80. The summed E-state index contributed by atoms with van der Waals surface area (Å²) < 4.78 is 10.7. The summed E-state index contributed by atoms with van der Waals surface area (Å²) >= 11 is 0. The fourth-order valence-electron chi connectivity index (χ4n) is 2.70. The van der Waals surface area contributed by atoms with Gasteiger partial charge in [0.2, 0.25) is 5.91 Å². The van der Waals surface area contributed by atoms with E-state index in [0.717, 1.165) is 25.9 Å². The van der Waals surface area contributed by atoms with Gasteiger partial charge >= 0.3 is 0 Å². The van der Waals surface area contributed by atoms with E-state index in [9.17, 15) is 4.79 Å². The molecule has 0 aromatic heterocycles. The molecular weight excluding hydrogens is 220 g/mol. The molecule has 17 heavy (non-hydrogen) atoms. The monoisotopic (exact) mass is 242 g/mol. The van der Waals surface area contributed by atoms with Gasteiger partial charge in [-0.2, -0.15) is 0 Å². The summed E-state index contributed by atoms with van der Waals surface area (Å²) in [7, 11) is 3.35. The molecule has 2 rings (SSSR count). The Bertz CT molecular complexity index is 254. The van der Waals surface area contributed by atoms with Crippen molar-refractivity contribution < 1.29 is 14.3 Å². The van der Waals surface area contributed by atoms with E-state index >= 15 is 0 Å². The number of carbonyl (C=O) groups is 1. The zero-order valence-corrected chi connectivity index (χ0v) is 10.6. The Morgan fingerprint density at radius 1 is 1.24 bits per heavy atom. The molecule has 2 aliphatic heterocycles. The maximum atomic E-state index is 12.3. The molecule has 1 amide bonds. The van der Waals surface area contributed by atoms with Gasteiger partial charge in [0.15, 0.2) is 0 Å². The molecule has 0 spiro atoms. The van der Waals surface area contributed by atoms with Gasteiger partial charge in [-0.15, -0.1) is 0 Å². The van der Waals surface area contributed by atoms with E-state index in [0.29, 0.717) is 13.1 Å². The number of nitrogens with zero attached hydrogens (tertiary/aromatic N) is 1. The molecule has 2 unspecified atom stereocenters. The minimum atomic E-state index is 0.0144. The van der Waals surface area contributed by atoms with Crippen LogP contribution in [0.5, 0.6) is 0 Å². The molecule has 0 aromatic carbocycles. The first-order valence-corrected chi connectivity index (χ1v) is 6.31. The molecule has 2 aliphatic rings. The summed E-state index contributed by atoms with van der Waals surface area (Å²) in [5.41, 5.74) is 0. The Balaban J connectivity index is 1.92. The van der Waals surface area contributed by atoms with Crippen LogP contribution >= 0.6 is 0 Å². The van der Waals surface area contributed by atoms with E-state index < -0.39 is 0 Å². The van der Waals surface area contributed by atoms with E-state index in [1.807, 2.05) is 4.90 Å². The average molecular weight is 242 g/mol. The molecule has 3 atom stereocenters. The van der Waals surface area contributed by atoms with Gasteiger partial charge in [-0.25, -0.2) is 0 Å². The van der Waals surface area contributed by atoms with Crippen LogP contribution in [0.25, 0.3) is 0 Å². The Labute approximate surface area is 102 Å². The molecule has 2 fully saturated rings. The lowest BCUT2D eigenvalue weighted by molar-refractivity contribution is -0.135. The third kappa shape index (κ3) is 2.78. The zero-order chi connectivity index (χ0) is 12.3. The van der Waals surface area contributed by atoms with Crippen molar-refractivity contribution in [3.63, 3.8) is 0 Å². The molecule has 0 radical (unpaired) electrons. The number of hydrogen-bond donors (Lipinski definition) is 1. The summed E-state index contributed by atoms with van der Waals surface area (Å²) in [5, 5.41) is 3.28. The van der Waals surface area contributed by atoms with Crippen LogP contribution in [0.2, 0.25) is 0 Å². The number of nitrogens with one attached hydrogen (secondary N) is 1. The smallest absolute Gasteiger partial charge is 0.227 e. The highest BCUT2D eigenvalue weighted by Crippen LogP contribution is 2.20. The van der Waals surface area contributed by atoms with Crippen molar-refractivity contribution in [2.45, 2.75) is 25.0 Å². The molecule has 1 N–H and O–H groups in total. The number of amides is 1. The van der Waals surface area contributed by atoms with E-state index in [4.69, 9.17) is 9.47 Å². The van der Waals surface area contributed by atoms with Crippen molar-refractivity contribution in [2.24, 2.45) is 5.92 Å². The Kier molecular flexibility index (Phi) is 4.36. The molecule has 0 aromatic rings. The van der Waals surface area contributed by atoms with E-state index in [1.54, 1.807) is 14.2 Å². The quantitative estimate of drug-likeness (QED) is 0.748. The first kappa shape index (κ1) is 12.8. The fraction of sp³-hybridized carbons (Fsp3) is 0.917. The Morgan fingerprint density at radius 3 is 2.35 bits per heavy atom. The van der Waals surface area contributed by atoms with Crippen molar-refractivity contribution in [1.29, 1.82) is 0 Å². The summed E-state index contributed by atoms with van der Waals surface area (Å²) in [4.78, 5) is 14.2. The van der Waals surface area contributed by atoms with Crippen LogP contribution in [-0.4, -0.2) is 63.4 Å². The third-order valence-electron chi connectivity index (χ3n) is 3.78. The van der Waals surface area contributed by atoms with Gasteiger partial charge < -0.3 is 19.7 Å². The highest BCUT2D eigenvalue weighted by Gasteiger charge is 2.37. The van der Waals surface area contributed by atoms with Gasteiger partial charge in [0.25, 0.3) is 0 Å². The number of methoxy groups -OCH3 is 2. The third-order valence-corrected chi connectivity index (χ3v) is 3.78. The minimum absolute atomic E-state index is 0.0144. The van der Waals surface area contributed by atoms with Gasteiger partial charge in [0, 0.05) is 33.9 Å². The van der Waals surface area contributed by atoms with Crippen LogP contribution in [0.4, 0.5) is 0 Å². The van der Waals surface area contributed by atoms with Gasteiger partial charge in [-0.1, -0.05) is 0 Å². The maximum Gasteiger partial charge on any atom is 0.227 e. The summed E-state index contributed by atoms with van der Waals surface area (Å²) in [6, 6.07) is 0. The van der Waals surface area contributed by atoms with Crippen molar-refractivity contribution >= 4 is 5.91 Å². The van der Waals surface area contributed by atoms with Gasteiger partial charge in [0.05, 0.1) is 5.92 Å². The van der Waals surface area contributed by atoms with Crippen LogP contribution in [-0.2, 0) is 14.3 Å². The van der Waals surface area contributed by atoms with E-state index in [-0.39, 0.29) is 24.0 Å². The molecular formula is C12H22N2O3. The molecule has 5 heteroatoms. The highest BCUT2D eigenvalue weighted by atomic mass is 16.5. The summed E-state index contributed by atoms with van der Waals surface area (Å²) in [5.74, 6) is 0.385. The number of carbonyl (C=O) groups excluding carboxylic acids is 1. The standard InChI is InChI=1S/C12H22N2O3/c1-16-10-7-14(8-11(10)17-2)12(15)9-4-3-5-13-6-9/h9-11,13H,3-8H2,1-2H3/t9-,10?,11?/m1/s1. The average Bonchev–Trinajstić information content (AvgIpc) is 2.82. The second-order valence-electron chi connectivity index (χ2n) is 4.83. The van der Waals surface area contributed by atoms with Crippen molar-refractivity contribution in [3.8, 4) is 0 Å². The molecule has 2 heterocycles. The molecule has 2 saturated heterocycles. The SMILES string of the molecule is COC1CN(C(=O)[C@@H]2CCCNC2)CC1OC. The number of likely N-dealkylation sites (tertiary alicyclic amines) is 1. The van der Waals surface area contributed by atoms with Gasteiger partial charge in [0.1, 0.15) is 12.2 Å². The number of piperidine rings is 1. The van der Waals surface area contributed by atoms with Crippen LogP contribution in [0, 0.1) is 5.92 Å². The van der Waals surface area contributed by atoms with Crippen LogP contribution < -0.4 is 5.32 Å². The lowest BCUT2D eigenvalue weighted by Gasteiger charge is -2.26. The number of hydrogen-bond acceptors (Lipinski definition) is 4. The summed E-state index contributed by atoms with van der Waals surface area (Å²) in [6.07, 6.45) is 2.12. The predicted octanol–water partition coefficient (Wildman–Crippen LogP) is -0.142. The van der Waals surface area contributed by atoms with E-state index in [2.05, 4.69) is 5.32 Å². The van der Waals surface area contributed by atoms with Crippen molar-refractivity contribution in [3.05, 3.63) is 0 Å². The fourth-order valence-corrected chi connectivity index (χ4v) is 2.70. The lowest BCUT2D eigenvalue weighted by atomic mass is 9.98. The highest BCUT2D eigenvalue weighted by molar-refractivity contribution is 5.79. The van der Waals surface area contributed by atoms with Crippen molar-refractivity contribution in [2.75, 3.05) is 40.4 Å². The lowest BCUT2D eigenvalue weighted by Crippen LogP contribution is -2.42. The van der Waals surface area contributed by atoms with Crippen molar-refractivity contribution in [1.82, 2.24) is 10.2 Å². The van der Waals surface area contributed by atoms with E-state index in [1.165, 1.54) is 0 Å². The van der Waals surface area contributed by atoms with Gasteiger partial charge in [-0.05, 0) is 19.4 Å². The molecule has 0 aliphatic carbocycles. The first-order valence-electron chi connectivity index (χ1n) is 6.31. The van der Waals surface area contributed by atoms with Crippen LogP contribution in [0.15, 0.2) is 0 Å². The van der Waals surface area contributed by atoms with Crippen LogP contribution in [0.3, 0.4) is 0 Å². The normalized spacial score (nSPS) is 34.0. The largest absolute Gasteiger partial charge is 0.377 e. The molecule has 0 bridgehead atoms. The van der Waals surface area contributed by atoms with Gasteiger partial charge in [-0.3, -0.25) is 4.79 Å². The molecule has 5 nitrogen and oxygen atoms in total. The number of ether oxygens (including phenoxy) is 2.